The maximum atomic E-state index is 6.15. The number of rotatable bonds is 10. The molecule has 0 amide bonds. The van der Waals surface area contributed by atoms with Crippen molar-refractivity contribution < 1.29 is 4.74 Å². The van der Waals surface area contributed by atoms with E-state index >= 15 is 0 Å². The van der Waals surface area contributed by atoms with Crippen molar-refractivity contribution in [2.75, 3.05) is 24.6 Å². The molecular formula is C32H41NO. The highest BCUT2D eigenvalue weighted by Gasteiger charge is 2.13. The average molecular weight is 456 g/mol. The summed E-state index contributed by atoms with van der Waals surface area (Å²) in [6, 6.07) is 22.1. The number of aryl methyl sites for hydroxylation is 1. The van der Waals surface area contributed by atoms with Gasteiger partial charge in [-0.25, -0.2) is 0 Å². The van der Waals surface area contributed by atoms with Crippen molar-refractivity contribution in [3.63, 3.8) is 0 Å². The van der Waals surface area contributed by atoms with E-state index in [-0.39, 0.29) is 0 Å². The minimum atomic E-state index is 0.720. The SMILES string of the molecule is C=C.C=C(C)c1ccc(-c2ccc(OCCC)c(-c3ccc(N(CC)CC)c(CC)c3)c2)cc1. The van der Waals surface area contributed by atoms with Crippen LogP contribution in [0.5, 0.6) is 5.75 Å². The Kier molecular flexibility index (Phi) is 10.7. The van der Waals surface area contributed by atoms with Crippen molar-refractivity contribution >= 4 is 11.3 Å². The van der Waals surface area contributed by atoms with E-state index in [1.807, 2.05) is 6.92 Å². The van der Waals surface area contributed by atoms with Gasteiger partial charge >= 0.3 is 0 Å². The molecule has 3 rings (SSSR count). The van der Waals surface area contributed by atoms with Gasteiger partial charge in [0, 0.05) is 24.3 Å². The van der Waals surface area contributed by atoms with Crippen LogP contribution in [0, 0.1) is 0 Å². The molecule has 0 saturated heterocycles. The van der Waals surface area contributed by atoms with E-state index in [0.29, 0.717) is 0 Å². The third kappa shape index (κ3) is 6.41. The second kappa shape index (κ2) is 13.4. The Hall–Kier alpha value is -3.26. The van der Waals surface area contributed by atoms with Crippen molar-refractivity contribution in [3.05, 3.63) is 91.5 Å². The van der Waals surface area contributed by atoms with Crippen LogP contribution in [0.3, 0.4) is 0 Å². The van der Waals surface area contributed by atoms with Crippen molar-refractivity contribution in [3.8, 4) is 28.0 Å². The summed E-state index contributed by atoms with van der Waals surface area (Å²) < 4.78 is 6.15. The summed E-state index contributed by atoms with van der Waals surface area (Å²) in [7, 11) is 0. The zero-order valence-corrected chi connectivity index (χ0v) is 21.8. The molecule has 2 heteroatoms. The number of benzene rings is 3. The highest BCUT2D eigenvalue weighted by Crippen LogP contribution is 2.37. The molecule has 180 valence electrons. The third-order valence-electron chi connectivity index (χ3n) is 6.03. The Labute approximate surface area is 207 Å². The summed E-state index contributed by atoms with van der Waals surface area (Å²) >= 11 is 0. The maximum Gasteiger partial charge on any atom is 0.127 e. The highest BCUT2D eigenvalue weighted by atomic mass is 16.5. The zero-order chi connectivity index (χ0) is 25.1. The molecule has 0 saturated carbocycles. The first kappa shape index (κ1) is 27.0. The summed E-state index contributed by atoms with van der Waals surface area (Å²) in [5, 5.41) is 0. The van der Waals surface area contributed by atoms with Crippen molar-refractivity contribution in [2.24, 2.45) is 0 Å². The van der Waals surface area contributed by atoms with Gasteiger partial charge in [-0.2, -0.15) is 0 Å². The predicted molar refractivity (Wildman–Crippen MR) is 152 cm³/mol. The number of anilines is 1. The first-order chi connectivity index (χ1) is 16.5. The van der Waals surface area contributed by atoms with Crippen LogP contribution in [0.1, 0.15) is 52.2 Å². The van der Waals surface area contributed by atoms with Crippen LogP contribution in [0.4, 0.5) is 5.69 Å². The van der Waals surface area contributed by atoms with Gasteiger partial charge < -0.3 is 9.64 Å². The molecule has 0 fully saturated rings. The van der Waals surface area contributed by atoms with Gasteiger partial charge in [0.1, 0.15) is 5.75 Å². The molecule has 0 radical (unpaired) electrons. The summed E-state index contributed by atoms with van der Waals surface area (Å²) in [4.78, 5) is 2.43. The molecule has 0 unspecified atom stereocenters. The number of hydrogen-bond donors (Lipinski definition) is 0. The van der Waals surface area contributed by atoms with Crippen LogP contribution < -0.4 is 9.64 Å². The number of hydrogen-bond acceptors (Lipinski definition) is 2. The Morgan fingerprint density at radius 3 is 1.97 bits per heavy atom. The van der Waals surface area contributed by atoms with Crippen molar-refractivity contribution in [1.82, 2.24) is 0 Å². The van der Waals surface area contributed by atoms with E-state index in [2.05, 4.69) is 113 Å². The van der Waals surface area contributed by atoms with Gasteiger partial charge in [0.25, 0.3) is 0 Å². The fraction of sp³-hybridized carbons (Fsp3) is 0.312. The zero-order valence-electron chi connectivity index (χ0n) is 21.8. The van der Waals surface area contributed by atoms with E-state index < -0.39 is 0 Å². The molecule has 3 aromatic rings. The molecular weight excluding hydrogens is 414 g/mol. The molecule has 0 spiro atoms. The monoisotopic (exact) mass is 455 g/mol. The standard InChI is InChI=1S/C30H37NO.C2H4/c1-7-19-32-30-18-16-26(25-13-11-24(12-14-25)22(5)6)21-28(30)27-15-17-29(23(8-2)20-27)31(9-3)10-4;1-2/h11-18,20-21H,5,7-10,19H2,1-4,6H3;1-2H2. The van der Waals surface area contributed by atoms with Gasteiger partial charge in [-0.15, -0.1) is 13.2 Å². The number of allylic oxidation sites excluding steroid dienone is 1. The summed E-state index contributed by atoms with van der Waals surface area (Å²) in [5.41, 5.74) is 9.74. The Morgan fingerprint density at radius 2 is 1.41 bits per heavy atom. The van der Waals surface area contributed by atoms with Crippen molar-refractivity contribution in [1.29, 1.82) is 0 Å². The first-order valence-electron chi connectivity index (χ1n) is 12.4. The lowest BCUT2D eigenvalue weighted by Crippen LogP contribution is -2.23. The maximum absolute atomic E-state index is 6.15. The minimum Gasteiger partial charge on any atom is -0.493 e. The molecule has 0 N–H and O–H groups in total. The third-order valence-corrected chi connectivity index (χ3v) is 6.03. The topological polar surface area (TPSA) is 12.5 Å². The van der Waals surface area contributed by atoms with Crippen LogP contribution in [-0.2, 0) is 6.42 Å². The quantitative estimate of drug-likeness (QED) is 0.283. The molecule has 0 aliphatic carbocycles. The van der Waals surface area contributed by atoms with Gasteiger partial charge in [-0.3, -0.25) is 0 Å². The van der Waals surface area contributed by atoms with Crippen LogP contribution >= 0.6 is 0 Å². The summed E-state index contributed by atoms with van der Waals surface area (Å²) in [6.45, 7) is 23.7. The second-order valence-electron chi connectivity index (χ2n) is 8.29. The Morgan fingerprint density at radius 1 is 0.794 bits per heavy atom. The van der Waals surface area contributed by atoms with Crippen LogP contribution in [0.25, 0.3) is 27.8 Å². The predicted octanol–water partition coefficient (Wildman–Crippen LogP) is 9.05. The Balaban J connectivity index is 0.00000199. The van der Waals surface area contributed by atoms with E-state index in [0.717, 1.165) is 49.4 Å². The average Bonchev–Trinajstić information content (AvgIpc) is 2.89. The number of ether oxygens (including phenoxy) is 1. The highest BCUT2D eigenvalue weighted by molar-refractivity contribution is 5.80. The fourth-order valence-corrected chi connectivity index (χ4v) is 4.13. The molecule has 3 aromatic carbocycles. The molecule has 0 atom stereocenters. The summed E-state index contributed by atoms with van der Waals surface area (Å²) in [5.74, 6) is 0.951. The summed E-state index contributed by atoms with van der Waals surface area (Å²) in [6.07, 6.45) is 2.00. The van der Waals surface area contributed by atoms with Gasteiger partial charge in [-0.1, -0.05) is 62.4 Å². The molecule has 0 heterocycles. The molecule has 34 heavy (non-hydrogen) atoms. The molecule has 0 aromatic heterocycles. The normalized spacial score (nSPS) is 10.3. The van der Waals surface area contributed by atoms with E-state index in [4.69, 9.17) is 4.74 Å². The minimum absolute atomic E-state index is 0.720. The lowest BCUT2D eigenvalue weighted by Gasteiger charge is -2.25. The molecule has 0 aliphatic heterocycles. The largest absolute Gasteiger partial charge is 0.493 e. The van der Waals surface area contributed by atoms with Gasteiger partial charge in [0.05, 0.1) is 6.61 Å². The van der Waals surface area contributed by atoms with Gasteiger partial charge in [-0.05, 0) is 85.7 Å². The van der Waals surface area contributed by atoms with E-state index in [1.54, 1.807) is 0 Å². The molecule has 0 bridgehead atoms. The van der Waals surface area contributed by atoms with Gasteiger partial charge in [0.15, 0.2) is 0 Å². The number of nitrogens with zero attached hydrogens (tertiary/aromatic N) is 1. The molecule has 0 aliphatic rings. The van der Waals surface area contributed by atoms with Crippen LogP contribution in [-0.4, -0.2) is 19.7 Å². The van der Waals surface area contributed by atoms with E-state index in [1.165, 1.54) is 33.5 Å². The first-order valence-corrected chi connectivity index (χ1v) is 12.4. The van der Waals surface area contributed by atoms with E-state index in [9.17, 15) is 0 Å². The molecule has 2 nitrogen and oxygen atoms in total. The van der Waals surface area contributed by atoms with Crippen molar-refractivity contribution in [2.45, 2.75) is 47.5 Å². The fourth-order valence-electron chi connectivity index (χ4n) is 4.13. The smallest absolute Gasteiger partial charge is 0.127 e. The van der Waals surface area contributed by atoms with Crippen LogP contribution in [0.2, 0.25) is 0 Å². The Bertz CT molecular complexity index is 1060. The van der Waals surface area contributed by atoms with Gasteiger partial charge in [0.2, 0.25) is 0 Å². The second-order valence-corrected chi connectivity index (χ2v) is 8.29. The van der Waals surface area contributed by atoms with Crippen LogP contribution in [0.15, 0.2) is 80.4 Å². The lowest BCUT2D eigenvalue weighted by atomic mass is 9.95. The lowest BCUT2D eigenvalue weighted by molar-refractivity contribution is 0.319.